The quantitative estimate of drug-likeness (QED) is 0.740. The Morgan fingerprint density at radius 2 is 2.00 bits per heavy atom. The lowest BCUT2D eigenvalue weighted by Gasteiger charge is -2.09. The van der Waals surface area contributed by atoms with Crippen molar-refractivity contribution in [2.24, 2.45) is 13.0 Å². The van der Waals surface area contributed by atoms with Crippen LogP contribution in [0.5, 0.6) is 0 Å². The van der Waals surface area contributed by atoms with Crippen LogP contribution in [0, 0.1) is 19.8 Å². The van der Waals surface area contributed by atoms with Crippen molar-refractivity contribution in [3.63, 3.8) is 0 Å². The number of rotatable bonds is 6. The van der Waals surface area contributed by atoms with E-state index in [1.807, 2.05) is 32.5 Å². The van der Waals surface area contributed by atoms with Gasteiger partial charge in [0, 0.05) is 43.9 Å². The molecule has 5 heteroatoms. The molecule has 0 aromatic carbocycles. The molecule has 0 aliphatic carbocycles. The fraction of sp³-hybridized carbons (Fsp3) is 0.692. The molecule has 0 aliphatic heterocycles. The zero-order valence-corrected chi connectivity index (χ0v) is 12.0. The fourth-order valence-corrected chi connectivity index (χ4v) is 1.76. The number of carbonyl (C=O) groups is 1. The first-order valence-electron chi connectivity index (χ1n) is 6.41. The Kier molecular flexibility index (Phi) is 5.34. The van der Waals surface area contributed by atoms with Gasteiger partial charge in [-0.1, -0.05) is 13.8 Å². The third kappa shape index (κ3) is 3.84. The summed E-state index contributed by atoms with van der Waals surface area (Å²) in [4.78, 5) is 11.3. The van der Waals surface area contributed by atoms with Crippen molar-refractivity contribution in [3.05, 3.63) is 17.0 Å². The Bertz CT molecular complexity index is 409. The van der Waals surface area contributed by atoms with Gasteiger partial charge in [0.25, 0.3) is 0 Å². The summed E-state index contributed by atoms with van der Waals surface area (Å²) in [5.41, 5.74) is 3.49. The van der Waals surface area contributed by atoms with Gasteiger partial charge in [0.05, 0.1) is 5.69 Å². The van der Waals surface area contributed by atoms with E-state index in [4.69, 9.17) is 0 Å². The highest BCUT2D eigenvalue weighted by molar-refractivity contribution is 5.77. The Morgan fingerprint density at radius 3 is 2.50 bits per heavy atom. The van der Waals surface area contributed by atoms with Crippen molar-refractivity contribution < 1.29 is 4.79 Å². The molecule has 0 saturated heterocycles. The van der Waals surface area contributed by atoms with E-state index in [1.54, 1.807) is 0 Å². The van der Waals surface area contributed by atoms with Crippen LogP contribution >= 0.6 is 0 Å². The second-order valence-corrected chi connectivity index (χ2v) is 4.90. The van der Waals surface area contributed by atoms with Crippen LogP contribution in [0.1, 0.15) is 30.8 Å². The van der Waals surface area contributed by atoms with Gasteiger partial charge in [-0.3, -0.25) is 9.48 Å². The lowest BCUT2D eigenvalue weighted by atomic mass is 10.2. The number of nitrogens with one attached hydrogen (secondary N) is 2. The molecule has 102 valence electrons. The lowest BCUT2D eigenvalue weighted by Crippen LogP contribution is -2.34. The molecule has 0 saturated carbocycles. The molecule has 1 aromatic rings. The maximum Gasteiger partial charge on any atom is 0.222 e. The third-order valence-corrected chi connectivity index (χ3v) is 3.09. The van der Waals surface area contributed by atoms with Gasteiger partial charge in [-0.2, -0.15) is 5.10 Å². The maximum absolute atomic E-state index is 11.3. The molecular formula is C13H24N4O. The van der Waals surface area contributed by atoms with Gasteiger partial charge < -0.3 is 10.6 Å². The summed E-state index contributed by atoms with van der Waals surface area (Å²) < 4.78 is 1.90. The summed E-state index contributed by atoms with van der Waals surface area (Å²) in [6, 6.07) is 0. The van der Waals surface area contributed by atoms with Crippen LogP contribution in [0.15, 0.2) is 0 Å². The number of hydrogen-bond acceptors (Lipinski definition) is 3. The highest BCUT2D eigenvalue weighted by atomic mass is 16.1. The number of carbonyl (C=O) groups excluding carboxylic acids is 1. The van der Waals surface area contributed by atoms with E-state index in [0.29, 0.717) is 6.54 Å². The summed E-state index contributed by atoms with van der Waals surface area (Å²) in [7, 11) is 1.95. The van der Waals surface area contributed by atoms with Crippen LogP contribution in [0.25, 0.3) is 0 Å². The fourth-order valence-electron chi connectivity index (χ4n) is 1.76. The summed E-state index contributed by atoms with van der Waals surface area (Å²) >= 11 is 0. The normalized spacial score (nSPS) is 11.0. The maximum atomic E-state index is 11.3. The predicted octanol–water partition coefficient (Wildman–Crippen LogP) is 0.899. The molecule has 1 amide bonds. The van der Waals surface area contributed by atoms with Gasteiger partial charge in [-0.25, -0.2) is 0 Å². The molecule has 2 N–H and O–H groups in total. The van der Waals surface area contributed by atoms with Gasteiger partial charge in [0.15, 0.2) is 0 Å². The molecule has 18 heavy (non-hydrogen) atoms. The van der Waals surface area contributed by atoms with E-state index in [9.17, 15) is 4.79 Å². The Morgan fingerprint density at radius 1 is 1.33 bits per heavy atom. The van der Waals surface area contributed by atoms with Crippen LogP contribution < -0.4 is 10.6 Å². The first-order chi connectivity index (χ1) is 8.43. The van der Waals surface area contributed by atoms with Crippen LogP contribution in [0.2, 0.25) is 0 Å². The molecule has 0 atom stereocenters. The molecule has 0 unspecified atom stereocenters. The summed E-state index contributed by atoms with van der Waals surface area (Å²) in [5.74, 6) is 0.151. The molecule has 0 fully saturated rings. The zero-order valence-electron chi connectivity index (χ0n) is 12.0. The standard InChI is InChI=1S/C13H24N4O/c1-9(2)13(18)15-7-6-14-8-12-10(3)16-17(5)11(12)4/h9,14H,6-8H2,1-5H3,(H,15,18). The summed E-state index contributed by atoms with van der Waals surface area (Å²) in [6.07, 6.45) is 0. The van der Waals surface area contributed by atoms with Gasteiger partial charge in [-0.15, -0.1) is 0 Å². The average Bonchev–Trinajstić information content (AvgIpc) is 2.54. The summed E-state index contributed by atoms with van der Waals surface area (Å²) in [5, 5.41) is 10.6. The minimum atomic E-state index is 0.0489. The molecule has 5 nitrogen and oxygen atoms in total. The lowest BCUT2D eigenvalue weighted by molar-refractivity contribution is -0.123. The molecule has 1 aromatic heterocycles. The summed E-state index contributed by atoms with van der Waals surface area (Å²) in [6.45, 7) is 10.1. The number of nitrogens with zero attached hydrogens (tertiary/aromatic N) is 2. The number of aryl methyl sites for hydroxylation is 2. The van der Waals surface area contributed by atoms with Gasteiger partial charge in [0.1, 0.15) is 0 Å². The second-order valence-electron chi connectivity index (χ2n) is 4.90. The van der Waals surface area contributed by atoms with E-state index in [1.165, 1.54) is 11.3 Å². The molecule has 0 radical (unpaired) electrons. The highest BCUT2D eigenvalue weighted by Crippen LogP contribution is 2.10. The minimum Gasteiger partial charge on any atom is -0.355 e. The van der Waals surface area contributed by atoms with Crippen LogP contribution in [-0.2, 0) is 18.4 Å². The van der Waals surface area contributed by atoms with Crippen molar-refractivity contribution in [3.8, 4) is 0 Å². The Labute approximate surface area is 109 Å². The molecule has 0 bridgehead atoms. The zero-order chi connectivity index (χ0) is 13.7. The molecule has 1 heterocycles. The van der Waals surface area contributed by atoms with Gasteiger partial charge >= 0.3 is 0 Å². The van der Waals surface area contributed by atoms with Gasteiger partial charge in [-0.05, 0) is 13.8 Å². The van der Waals surface area contributed by atoms with Crippen LogP contribution in [0.4, 0.5) is 0 Å². The van der Waals surface area contributed by atoms with Crippen molar-refractivity contribution in [2.75, 3.05) is 13.1 Å². The molecular weight excluding hydrogens is 228 g/mol. The van der Waals surface area contributed by atoms with E-state index in [2.05, 4.69) is 22.7 Å². The van der Waals surface area contributed by atoms with Gasteiger partial charge in [0.2, 0.25) is 5.91 Å². The highest BCUT2D eigenvalue weighted by Gasteiger charge is 2.08. The second kappa shape index (κ2) is 6.54. The first kappa shape index (κ1) is 14.7. The Hall–Kier alpha value is -1.36. The number of hydrogen-bond donors (Lipinski definition) is 2. The van der Waals surface area contributed by atoms with E-state index >= 15 is 0 Å². The van der Waals surface area contributed by atoms with Crippen molar-refractivity contribution >= 4 is 5.91 Å². The van der Waals surface area contributed by atoms with E-state index < -0.39 is 0 Å². The largest absolute Gasteiger partial charge is 0.355 e. The SMILES string of the molecule is Cc1nn(C)c(C)c1CNCCNC(=O)C(C)C. The third-order valence-electron chi connectivity index (χ3n) is 3.09. The molecule has 0 spiro atoms. The van der Waals surface area contributed by atoms with Crippen molar-refractivity contribution in [2.45, 2.75) is 34.2 Å². The molecule has 0 aliphatic rings. The van der Waals surface area contributed by atoms with Crippen molar-refractivity contribution in [1.82, 2.24) is 20.4 Å². The smallest absolute Gasteiger partial charge is 0.222 e. The monoisotopic (exact) mass is 252 g/mol. The minimum absolute atomic E-state index is 0.0489. The molecule has 1 rings (SSSR count). The average molecular weight is 252 g/mol. The van der Waals surface area contributed by atoms with Crippen molar-refractivity contribution in [1.29, 1.82) is 0 Å². The van der Waals surface area contributed by atoms with E-state index in [-0.39, 0.29) is 11.8 Å². The van der Waals surface area contributed by atoms with E-state index in [0.717, 1.165) is 18.8 Å². The number of amides is 1. The van der Waals surface area contributed by atoms with Crippen LogP contribution in [0.3, 0.4) is 0 Å². The van der Waals surface area contributed by atoms with Crippen LogP contribution in [-0.4, -0.2) is 28.8 Å². The topological polar surface area (TPSA) is 59.0 Å². The Balaban J connectivity index is 2.28. The first-order valence-corrected chi connectivity index (χ1v) is 6.41. The predicted molar refractivity (Wildman–Crippen MR) is 72.2 cm³/mol. The number of aromatic nitrogens is 2.